The van der Waals surface area contributed by atoms with Crippen LogP contribution in [0.2, 0.25) is 0 Å². The van der Waals surface area contributed by atoms with Crippen molar-refractivity contribution in [2.24, 2.45) is 17.8 Å². The number of carbonyl (C=O) groups is 3. The SMILES string of the molecule is COc1ccnc(C(=O)C[C@@H](C)C(=O)O[C@@H](C)[C@@H](CC(C)C)OCC(C)C)c1OC(C)=O. The summed E-state index contributed by atoms with van der Waals surface area (Å²) in [4.78, 5) is 41.0. The van der Waals surface area contributed by atoms with E-state index in [2.05, 4.69) is 32.7 Å². The fraction of sp³-hybridized carbons (Fsp3) is 0.667. The molecule has 0 unspecified atom stereocenters. The first-order chi connectivity index (χ1) is 15.0. The maximum atomic E-state index is 12.8. The minimum absolute atomic E-state index is 0.0551. The Bertz CT molecular complexity index is 776. The molecule has 0 radical (unpaired) electrons. The predicted molar refractivity (Wildman–Crippen MR) is 120 cm³/mol. The van der Waals surface area contributed by atoms with Crippen molar-refractivity contribution < 1.29 is 33.3 Å². The van der Waals surface area contributed by atoms with Gasteiger partial charge in [-0.2, -0.15) is 0 Å². The van der Waals surface area contributed by atoms with Gasteiger partial charge in [-0.1, -0.05) is 34.6 Å². The van der Waals surface area contributed by atoms with Crippen molar-refractivity contribution in [1.82, 2.24) is 4.98 Å². The molecule has 0 spiro atoms. The van der Waals surface area contributed by atoms with Gasteiger partial charge in [-0.15, -0.1) is 0 Å². The molecular formula is C24H37NO7. The van der Waals surface area contributed by atoms with Gasteiger partial charge in [0.2, 0.25) is 5.75 Å². The van der Waals surface area contributed by atoms with Crippen LogP contribution in [0.3, 0.4) is 0 Å². The Hall–Kier alpha value is -2.48. The molecule has 0 bridgehead atoms. The zero-order valence-electron chi connectivity index (χ0n) is 20.5. The van der Waals surface area contributed by atoms with Gasteiger partial charge in [-0.05, 0) is 25.2 Å². The van der Waals surface area contributed by atoms with Crippen LogP contribution in [-0.2, 0) is 19.1 Å². The molecule has 0 amide bonds. The lowest BCUT2D eigenvalue weighted by Gasteiger charge is -2.27. The van der Waals surface area contributed by atoms with Crippen molar-refractivity contribution in [3.63, 3.8) is 0 Å². The summed E-state index contributed by atoms with van der Waals surface area (Å²) in [7, 11) is 1.40. The zero-order valence-corrected chi connectivity index (χ0v) is 20.5. The van der Waals surface area contributed by atoms with E-state index in [-0.39, 0.29) is 29.7 Å². The number of nitrogens with zero attached hydrogens (tertiary/aromatic N) is 1. The van der Waals surface area contributed by atoms with Gasteiger partial charge < -0.3 is 18.9 Å². The van der Waals surface area contributed by atoms with Crippen molar-refractivity contribution in [1.29, 1.82) is 0 Å². The van der Waals surface area contributed by atoms with Crippen LogP contribution < -0.4 is 9.47 Å². The number of esters is 2. The Labute approximate surface area is 191 Å². The van der Waals surface area contributed by atoms with Crippen LogP contribution >= 0.6 is 0 Å². The van der Waals surface area contributed by atoms with Gasteiger partial charge in [0.05, 0.1) is 19.1 Å². The number of ether oxygens (including phenoxy) is 4. The highest BCUT2D eigenvalue weighted by Gasteiger charge is 2.29. The number of carbonyl (C=O) groups excluding carboxylic acids is 3. The molecule has 1 rings (SSSR count). The molecule has 0 aliphatic carbocycles. The van der Waals surface area contributed by atoms with E-state index in [0.29, 0.717) is 18.4 Å². The fourth-order valence-corrected chi connectivity index (χ4v) is 3.04. The second-order valence-electron chi connectivity index (χ2n) is 8.85. The third kappa shape index (κ3) is 8.94. The highest BCUT2D eigenvalue weighted by molar-refractivity contribution is 5.99. The Kier molecular flexibility index (Phi) is 11.3. The summed E-state index contributed by atoms with van der Waals surface area (Å²) >= 11 is 0. The first-order valence-corrected chi connectivity index (χ1v) is 11.0. The minimum Gasteiger partial charge on any atom is -0.493 e. The average molecular weight is 452 g/mol. The van der Waals surface area contributed by atoms with Gasteiger partial charge in [0, 0.05) is 32.2 Å². The molecule has 8 nitrogen and oxygen atoms in total. The lowest BCUT2D eigenvalue weighted by Crippen LogP contribution is -2.35. The van der Waals surface area contributed by atoms with E-state index in [1.54, 1.807) is 6.92 Å². The predicted octanol–water partition coefficient (Wildman–Crippen LogP) is 4.24. The number of ketones is 1. The molecule has 0 N–H and O–H groups in total. The van der Waals surface area contributed by atoms with Crippen molar-refractivity contribution in [2.45, 2.75) is 73.5 Å². The Morgan fingerprint density at radius 1 is 1.03 bits per heavy atom. The van der Waals surface area contributed by atoms with E-state index < -0.39 is 29.7 Å². The lowest BCUT2D eigenvalue weighted by atomic mass is 10.0. The van der Waals surface area contributed by atoms with Gasteiger partial charge in [0.15, 0.2) is 17.2 Å². The first-order valence-electron chi connectivity index (χ1n) is 11.0. The summed E-state index contributed by atoms with van der Waals surface area (Å²) in [5.41, 5.74) is -0.0646. The molecule has 0 saturated heterocycles. The molecule has 0 saturated carbocycles. The lowest BCUT2D eigenvalue weighted by molar-refractivity contribution is -0.161. The second-order valence-corrected chi connectivity index (χ2v) is 8.85. The smallest absolute Gasteiger partial charge is 0.309 e. The Morgan fingerprint density at radius 2 is 1.69 bits per heavy atom. The van der Waals surface area contributed by atoms with Gasteiger partial charge in [-0.25, -0.2) is 4.98 Å². The monoisotopic (exact) mass is 451 g/mol. The van der Waals surface area contributed by atoms with Crippen LogP contribution in [0.4, 0.5) is 0 Å². The maximum Gasteiger partial charge on any atom is 0.309 e. The average Bonchev–Trinajstić information content (AvgIpc) is 2.70. The third-order valence-electron chi connectivity index (χ3n) is 4.67. The van der Waals surface area contributed by atoms with E-state index in [9.17, 15) is 14.4 Å². The zero-order chi connectivity index (χ0) is 24.4. The highest BCUT2D eigenvalue weighted by Crippen LogP contribution is 2.31. The number of aromatic nitrogens is 1. The number of hydrogen-bond acceptors (Lipinski definition) is 8. The normalized spacial score (nSPS) is 14.1. The van der Waals surface area contributed by atoms with Gasteiger partial charge in [0.1, 0.15) is 6.10 Å². The maximum absolute atomic E-state index is 12.8. The number of pyridine rings is 1. The highest BCUT2D eigenvalue weighted by atomic mass is 16.6. The molecule has 32 heavy (non-hydrogen) atoms. The number of hydrogen-bond donors (Lipinski definition) is 0. The van der Waals surface area contributed by atoms with Crippen LogP contribution in [0.15, 0.2) is 12.3 Å². The van der Waals surface area contributed by atoms with Crippen LogP contribution in [0, 0.1) is 17.8 Å². The molecule has 0 aliphatic heterocycles. The number of Topliss-reactive ketones (excluding diaryl/α,β-unsaturated/α-hetero) is 1. The van der Waals surface area contributed by atoms with Crippen molar-refractivity contribution in [2.75, 3.05) is 13.7 Å². The molecule has 1 heterocycles. The van der Waals surface area contributed by atoms with Crippen molar-refractivity contribution in [3.8, 4) is 11.5 Å². The molecule has 3 atom stereocenters. The van der Waals surface area contributed by atoms with Crippen LogP contribution in [0.5, 0.6) is 11.5 Å². The molecule has 1 aromatic heterocycles. The molecule has 0 fully saturated rings. The topological polar surface area (TPSA) is 101 Å². The molecule has 1 aromatic rings. The van der Waals surface area contributed by atoms with Gasteiger partial charge in [0.25, 0.3) is 0 Å². The standard InChI is InChI=1S/C24H37NO7/c1-14(2)11-21(30-13-15(3)4)17(6)31-24(28)16(5)12-19(27)22-23(32-18(7)26)20(29-8)9-10-25-22/h9-10,14-17,21H,11-13H2,1-8H3/t16-,17+,21-/m1/s1. The number of methoxy groups -OCH3 is 1. The van der Waals surface area contributed by atoms with Gasteiger partial charge >= 0.3 is 11.9 Å². The van der Waals surface area contributed by atoms with E-state index in [4.69, 9.17) is 18.9 Å². The summed E-state index contributed by atoms with van der Waals surface area (Å²) < 4.78 is 21.9. The number of rotatable bonds is 13. The Balaban J connectivity index is 2.86. The third-order valence-corrected chi connectivity index (χ3v) is 4.67. The summed E-state index contributed by atoms with van der Waals surface area (Å²) in [6, 6.07) is 1.49. The van der Waals surface area contributed by atoms with Gasteiger partial charge in [-0.3, -0.25) is 14.4 Å². The molecule has 0 aliphatic rings. The quantitative estimate of drug-likeness (QED) is 0.324. The van der Waals surface area contributed by atoms with Crippen molar-refractivity contribution >= 4 is 17.7 Å². The summed E-state index contributed by atoms with van der Waals surface area (Å²) in [6.07, 6.45) is 1.31. The van der Waals surface area contributed by atoms with E-state index >= 15 is 0 Å². The van der Waals surface area contributed by atoms with E-state index in [1.807, 2.05) is 6.92 Å². The van der Waals surface area contributed by atoms with Crippen LogP contribution in [-0.4, -0.2) is 48.6 Å². The summed E-state index contributed by atoms with van der Waals surface area (Å²) in [5, 5.41) is 0. The minimum atomic E-state index is -0.715. The molecule has 8 heteroatoms. The van der Waals surface area contributed by atoms with E-state index in [1.165, 1.54) is 26.3 Å². The summed E-state index contributed by atoms with van der Waals surface area (Å²) in [5.74, 6) is -1.37. The molecular weight excluding hydrogens is 414 g/mol. The van der Waals surface area contributed by atoms with E-state index in [0.717, 1.165) is 6.42 Å². The Morgan fingerprint density at radius 3 is 2.22 bits per heavy atom. The first kappa shape index (κ1) is 27.6. The van der Waals surface area contributed by atoms with Crippen molar-refractivity contribution in [3.05, 3.63) is 18.0 Å². The largest absolute Gasteiger partial charge is 0.493 e. The fourth-order valence-electron chi connectivity index (χ4n) is 3.04. The second kappa shape index (κ2) is 13.2. The van der Waals surface area contributed by atoms with Crippen LogP contribution in [0.1, 0.15) is 71.8 Å². The molecule has 0 aromatic carbocycles. The summed E-state index contributed by atoms with van der Waals surface area (Å²) in [6.45, 7) is 13.5. The molecule has 180 valence electrons. The van der Waals surface area contributed by atoms with Crippen LogP contribution in [0.25, 0.3) is 0 Å².